The van der Waals surface area contributed by atoms with Gasteiger partial charge in [-0.15, -0.1) is 0 Å². The summed E-state index contributed by atoms with van der Waals surface area (Å²) in [5.41, 5.74) is 0. The minimum Gasteiger partial charge on any atom is -0.481 e. The fourth-order valence-corrected chi connectivity index (χ4v) is 4.93. The third-order valence-corrected chi connectivity index (χ3v) is 6.80. The Morgan fingerprint density at radius 1 is 0.600 bits per heavy atom. The molecule has 0 radical (unpaired) electrons. The van der Waals surface area contributed by atoms with Gasteiger partial charge in [-0.1, -0.05) is 91.9 Å². The van der Waals surface area contributed by atoms with Crippen LogP contribution in [0.4, 0.5) is 0 Å². The Bertz CT molecular complexity index is 435. The molecule has 2 N–H and O–H groups in total. The minimum atomic E-state index is -0.716. The molecule has 4 unspecified atom stereocenters. The molecule has 0 aromatic rings. The van der Waals surface area contributed by atoms with Crippen LogP contribution >= 0.6 is 0 Å². The number of carbonyl (C=O) groups is 2. The Morgan fingerprint density at radius 2 is 1.07 bits per heavy atom. The topological polar surface area (TPSA) is 74.6 Å². The molecule has 0 aromatic carbocycles. The maximum atomic E-state index is 11.6. The highest BCUT2D eigenvalue weighted by Crippen LogP contribution is 2.34. The minimum absolute atomic E-state index is 0.243. The SMILES string of the molecule is CCCCC(CC)CC(CCCCC(=O)O)CC(CC(=O)O)CC(CC)CCCC. The molecule has 0 aliphatic rings. The van der Waals surface area contributed by atoms with Gasteiger partial charge in [0.2, 0.25) is 0 Å². The number of hydrogen-bond donors (Lipinski definition) is 2. The van der Waals surface area contributed by atoms with Crippen molar-refractivity contribution in [3.63, 3.8) is 0 Å². The van der Waals surface area contributed by atoms with Gasteiger partial charge < -0.3 is 10.2 Å². The summed E-state index contributed by atoms with van der Waals surface area (Å²) >= 11 is 0. The van der Waals surface area contributed by atoms with E-state index in [1.807, 2.05) is 0 Å². The van der Waals surface area contributed by atoms with Crippen molar-refractivity contribution in [2.45, 2.75) is 130 Å². The van der Waals surface area contributed by atoms with Crippen molar-refractivity contribution in [1.29, 1.82) is 0 Å². The van der Waals surface area contributed by atoms with E-state index in [9.17, 15) is 14.7 Å². The monoisotopic (exact) mass is 426 g/mol. The number of carboxylic acids is 2. The van der Waals surface area contributed by atoms with Crippen molar-refractivity contribution < 1.29 is 19.8 Å². The molecule has 0 aromatic heterocycles. The van der Waals surface area contributed by atoms with Gasteiger partial charge in [0.1, 0.15) is 0 Å². The highest BCUT2D eigenvalue weighted by molar-refractivity contribution is 5.67. The summed E-state index contributed by atoms with van der Waals surface area (Å²) in [5, 5.41) is 18.4. The summed E-state index contributed by atoms with van der Waals surface area (Å²) in [7, 11) is 0. The number of unbranched alkanes of at least 4 members (excludes halogenated alkanes) is 3. The Kier molecular flexibility index (Phi) is 18.0. The molecule has 178 valence electrons. The van der Waals surface area contributed by atoms with E-state index in [0.29, 0.717) is 17.8 Å². The first-order valence-electron chi connectivity index (χ1n) is 12.8. The average molecular weight is 427 g/mol. The molecular formula is C26H50O4. The number of rotatable bonds is 21. The van der Waals surface area contributed by atoms with Crippen molar-refractivity contribution in [1.82, 2.24) is 0 Å². The molecule has 0 fully saturated rings. The summed E-state index contributed by atoms with van der Waals surface area (Å²) in [6.45, 7) is 8.96. The molecular weight excluding hydrogens is 376 g/mol. The van der Waals surface area contributed by atoms with Gasteiger partial charge in [-0.2, -0.15) is 0 Å². The molecule has 30 heavy (non-hydrogen) atoms. The van der Waals surface area contributed by atoms with Crippen LogP contribution in [-0.4, -0.2) is 22.2 Å². The Hall–Kier alpha value is -1.06. The van der Waals surface area contributed by atoms with Gasteiger partial charge in [-0.3, -0.25) is 9.59 Å². The van der Waals surface area contributed by atoms with Crippen LogP contribution in [0.1, 0.15) is 130 Å². The zero-order valence-electron chi connectivity index (χ0n) is 20.3. The predicted octanol–water partition coefficient (Wildman–Crippen LogP) is 7.94. The third-order valence-electron chi connectivity index (χ3n) is 6.80. The van der Waals surface area contributed by atoms with Crippen molar-refractivity contribution in [3.05, 3.63) is 0 Å². The first kappa shape index (κ1) is 28.9. The molecule has 0 saturated heterocycles. The Morgan fingerprint density at radius 3 is 1.50 bits per heavy atom. The largest absolute Gasteiger partial charge is 0.481 e. The lowest BCUT2D eigenvalue weighted by Gasteiger charge is -2.28. The Balaban J connectivity index is 5.09. The normalized spacial score (nSPS) is 15.5. The van der Waals surface area contributed by atoms with Gasteiger partial charge in [-0.05, 0) is 49.4 Å². The van der Waals surface area contributed by atoms with E-state index in [4.69, 9.17) is 5.11 Å². The van der Waals surface area contributed by atoms with Crippen LogP contribution in [0.15, 0.2) is 0 Å². The molecule has 0 aliphatic carbocycles. The quantitative estimate of drug-likeness (QED) is 0.183. The van der Waals surface area contributed by atoms with Crippen molar-refractivity contribution in [2.24, 2.45) is 23.7 Å². The highest BCUT2D eigenvalue weighted by atomic mass is 16.4. The van der Waals surface area contributed by atoms with Crippen LogP contribution in [0.25, 0.3) is 0 Å². The van der Waals surface area contributed by atoms with E-state index in [1.54, 1.807) is 0 Å². The highest BCUT2D eigenvalue weighted by Gasteiger charge is 2.24. The van der Waals surface area contributed by atoms with E-state index in [-0.39, 0.29) is 18.8 Å². The second-order valence-corrected chi connectivity index (χ2v) is 9.51. The lowest BCUT2D eigenvalue weighted by atomic mass is 9.77. The fourth-order valence-electron chi connectivity index (χ4n) is 4.93. The zero-order valence-corrected chi connectivity index (χ0v) is 20.3. The van der Waals surface area contributed by atoms with Crippen molar-refractivity contribution >= 4 is 11.9 Å². The summed E-state index contributed by atoms with van der Waals surface area (Å²) in [6.07, 6.45) is 16.1. The van der Waals surface area contributed by atoms with Gasteiger partial charge in [0.25, 0.3) is 0 Å². The smallest absolute Gasteiger partial charge is 0.303 e. The average Bonchev–Trinajstić information content (AvgIpc) is 2.70. The van der Waals surface area contributed by atoms with Crippen LogP contribution in [0.3, 0.4) is 0 Å². The van der Waals surface area contributed by atoms with Gasteiger partial charge in [0.05, 0.1) is 0 Å². The van der Waals surface area contributed by atoms with E-state index in [0.717, 1.165) is 38.5 Å². The van der Waals surface area contributed by atoms with Crippen LogP contribution in [0, 0.1) is 23.7 Å². The number of hydrogen-bond acceptors (Lipinski definition) is 2. The maximum absolute atomic E-state index is 11.6. The van der Waals surface area contributed by atoms with Gasteiger partial charge >= 0.3 is 11.9 Å². The van der Waals surface area contributed by atoms with Crippen molar-refractivity contribution in [2.75, 3.05) is 0 Å². The molecule has 0 spiro atoms. The first-order valence-corrected chi connectivity index (χ1v) is 12.8. The Labute approximate surface area is 186 Å². The zero-order chi connectivity index (χ0) is 22.8. The number of aliphatic carboxylic acids is 2. The maximum Gasteiger partial charge on any atom is 0.303 e. The van der Waals surface area contributed by atoms with Crippen LogP contribution in [0.5, 0.6) is 0 Å². The van der Waals surface area contributed by atoms with E-state index >= 15 is 0 Å². The molecule has 0 saturated carbocycles. The summed E-state index contributed by atoms with van der Waals surface area (Å²) < 4.78 is 0. The third kappa shape index (κ3) is 15.7. The van der Waals surface area contributed by atoms with E-state index in [1.165, 1.54) is 51.4 Å². The van der Waals surface area contributed by atoms with Gasteiger partial charge in [0, 0.05) is 12.8 Å². The van der Waals surface area contributed by atoms with Gasteiger partial charge in [-0.25, -0.2) is 0 Å². The van der Waals surface area contributed by atoms with Gasteiger partial charge in [0.15, 0.2) is 0 Å². The second kappa shape index (κ2) is 18.7. The van der Waals surface area contributed by atoms with Crippen LogP contribution in [-0.2, 0) is 9.59 Å². The standard InChI is InChI=1S/C26H50O4/c1-5-9-13-21(7-3)17-23(15-11-12-16-25(27)28)19-24(20-26(29)30)18-22(8-4)14-10-6-2/h21-24H,5-20H2,1-4H3,(H,27,28)(H,29,30). The second-order valence-electron chi connectivity index (χ2n) is 9.51. The van der Waals surface area contributed by atoms with Crippen LogP contribution < -0.4 is 0 Å². The molecule has 4 nitrogen and oxygen atoms in total. The molecule has 0 rings (SSSR count). The summed E-state index contributed by atoms with van der Waals surface area (Å²) in [5.74, 6) is 0.719. The lowest BCUT2D eigenvalue weighted by molar-refractivity contribution is -0.139. The molecule has 4 heteroatoms. The summed E-state index contributed by atoms with van der Waals surface area (Å²) in [6, 6.07) is 0. The predicted molar refractivity (Wildman–Crippen MR) is 126 cm³/mol. The number of carboxylic acid groups (broad SMARTS) is 2. The fraction of sp³-hybridized carbons (Fsp3) is 0.923. The summed E-state index contributed by atoms with van der Waals surface area (Å²) in [4.78, 5) is 22.4. The van der Waals surface area contributed by atoms with Crippen molar-refractivity contribution in [3.8, 4) is 0 Å². The molecule has 0 heterocycles. The molecule has 0 aliphatic heterocycles. The van der Waals surface area contributed by atoms with E-state index in [2.05, 4.69) is 27.7 Å². The molecule has 0 amide bonds. The van der Waals surface area contributed by atoms with E-state index < -0.39 is 11.9 Å². The van der Waals surface area contributed by atoms with Crippen LogP contribution in [0.2, 0.25) is 0 Å². The molecule has 4 atom stereocenters. The lowest BCUT2D eigenvalue weighted by Crippen LogP contribution is -2.19. The first-order chi connectivity index (χ1) is 14.4. The molecule has 0 bridgehead atoms.